The van der Waals surface area contributed by atoms with Gasteiger partial charge in [0.25, 0.3) is 5.91 Å². The molecule has 1 aliphatic heterocycles. The van der Waals surface area contributed by atoms with Crippen molar-refractivity contribution in [1.82, 2.24) is 4.90 Å². The zero-order valence-electron chi connectivity index (χ0n) is 11.9. The van der Waals surface area contributed by atoms with Gasteiger partial charge in [0.1, 0.15) is 0 Å². The quantitative estimate of drug-likeness (QED) is 0.769. The molecule has 1 unspecified atom stereocenters. The van der Waals surface area contributed by atoms with Gasteiger partial charge in [-0.2, -0.15) is 0 Å². The zero-order chi connectivity index (χ0) is 15.6. The van der Waals surface area contributed by atoms with Crippen molar-refractivity contribution in [3.8, 4) is 0 Å². The predicted octanol–water partition coefficient (Wildman–Crippen LogP) is 0.725. The monoisotopic (exact) mass is 311 g/mol. The van der Waals surface area contributed by atoms with E-state index in [4.69, 9.17) is 0 Å². The number of benzene rings is 1. The van der Waals surface area contributed by atoms with Gasteiger partial charge in [0.05, 0.1) is 17.9 Å². The highest BCUT2D eigenvalue weighted by molar-refractivity contribution is 7.90. The van der Waals surface area contributed by atoms with Gasteiger partial charge in [-0.25, -0.2) is 8.42 Å². The molecule has 6 nitrogen and oxygen atoms in total. The number of hydrogen-bond acceptors (Lipinski definition) is 5. The molecule has 1 aromatic rings. The van der Waals surface area contributed by atoms with Crippen molar-refractivity contribution in [2.24, 2.45) is 5.92 Å². The summed E-state index contributed by atoms with van der Waals surface area (Å²) in [6.07, 6.45) is 1.70. The van der Waals surface area contributed by atoms with E-state index >= 15 is 0 Å². The lowest BCUT2D eigenvalue weighted by atomic mass is 10.1. The molecule has 0 N–H and O–H groups in total. The third-order valence-corrected chi connectivity index (χ3v) is 4.67. The smallest absolute Gasteiger partial charge is 0.310 e. The fraction of sp³-hybridized carbons (Fsp3) is 0.429. The average molecular weight is 311 g/mol. The predicted molar refractivity (Wildman–Crippen MR) is 75.6 cm³/mol. The summed E-state index contributed by atoms with van der Waals surface area (Å²) < 4.78 is 27.4. The fourth-order valence-corrected chi connectivity index (χ4v) is 2.96. The Bertz CT molecular complexity index is 650. The van der Waals surface area contributed by atoms with Gasteiger partial charge in [-0.05, 0) is 30.7 Å². The number of esters is 1. The van der Waals surface area contributed by atoms with E-state index in [1.54, 1.807) is 4.90 Å². The SMILES string of the molecule is COC(=O)C1CCN(C(=O)c2ccc(S(C)(=O)=O)cc2)C1. The molecule has 1 amide bonds. The Hall–Kier alpha value is -1.89. The van der Waals surface area contributed by atoms with E-state index in [0.29, 0.717) is 25.1 Å². The second-order valence-corrected chi connectivity index (χ2v) is 7.07. The number of carbonyl (C=O) groups excluding carboxylic acids is 2. The summed E-state index contributed by atoms with van der Waals surface area (Å²) in [6, 6.07) is 5.81. The third kappa shape index (κ3) is 3.41. The van der Waals surface area contributed by atoms with Crippen molar-refractivity contribution in [2.75, 3.05) is 26.5 Å². The van der Waals surface area contributed by atoms with Gasteiger partial charge in [-0.1, -0.05) is 0 Å². The van der Waals surface area contributed by atoms with Crippen LogP contribution in [0.25, 0.3) is 0 Å². The molecule has 0 bridgehead atoms. The maximum Gasteiger partial charge on any atom is 0.310 e. The van der Waals surface area contributed by atoms with E-state index < -0.39 is 9.84 Å². The minimum absolute atomic E-state index is 0.174. The molecule has 1 aliphatic rings. The number of hydrogen-bond donors (Lipinski definition) is 0. The van der Waals surface area contributed by atoms with Gasteiger partial charge >= 0.3 is 5.97 Å². The summed E-state index contributed by atoms with van der Waals surface area (Å²) in [6.45, 7) is 0.825. The zero-order valence-corrected chi connectivity index (χ0v) is 12.7. The first kappa shape index (κ1) is 15.5. The second-order valence-electron chi connectivity index (χ2n) is 5.06. The van der Waals surface area contributed by atoms with E-state index in [0.717, 1.165) is 6.26 Å². The maximum atomic E-state index is 12.3. The summed E-state index contributed by atoms with van der Waals surface area (Å²) in [5, 5.41) is 0. The third-order valence-electron chi connectivity index (χ3n) is 3.54. The summed E-state index contributed by atoms with van der Waals surface area (Å²) in [5.74, 6) is -0.798. The lowest BCUT2D eigenvalue weighted by Crippen LogP contribution is -2.30. The van der Waals surface area contributed by atoms with Gasteiger partial charge in [0.15, 0.2) is 9.84 Å². The molecule has 1 aromatic carbocycles. The molecule has 2 rings (SSSR count). The Labute approximate surface area is 123 Å². The first-order valence-electron chi connectivity index (χ1n) is 6.50. The van der Waals surface area contributed by atoms with Gasteiger partial charge in [-0.15, -0.1) is 0 Å². The first-order chi connectivity index (χ1) is 9.82. The van der Waals surface area contributed by atoms with Crippen molar-refractivity contribution in [2.45, 2.75) is 11.3 Å². The van der Waals surface area contributed by atoms with Gasteiger partial charge in [0, 0.05) is 24.9 Å². The van der Waals surface area contributed by atoms with Crippen LogP contribution in [-0.4, -0.2) is 51.6 Å². The summed E-state index contributed by atoms with van der Waals surface area (Å²) >= 11 is 0. The van der Waals surface area contributed by atoms with Crippen molar-refractivity contribution in [3.05, 3.63) is 29.8 Å². The highest BCUT2D eigenvalue weighted by Crippen LogP contribution is 2.20. The molecule has 21 heavy (non-hydrogen) atoms. The Kier molecular flexibility index (Phi) is 4.32. The van der Waals surface area contributed by atoms with Crippen LogP contribution in [0.2, 0.25) is 0 Å². The normalized spacial score (nSPS) is 18.6. The molecule has 114 valence electrons. The highest BCUT2D eigenvalue weighted by Gasteiger charge is 2.32. The minimum atomic E-state index is -3.27. The second kappa shape index (κ2) is 5.85. The van der Waals surface area contributed by atoms with E-state index in [1.165, 1.54) is 31.4 Å². The molecule has 0 radical (unpaired) electrons. The van der Waals surface area contributed by atoms with Crippen molar-refractivity contribution >= 4 is 21.7 Å². The topological polar surface area (TPSA) is 80.8 Å². The van der Waals surface area contributed by atoms with E-state index in [9.17, 15) is 18.0 Å². The number of ether oxygens (including phenoxy) is 1. The number of amides is 1. The van der Waals surface area contributed by atoms with Gasteiger partial charge < -0.3 is 9.64 Å². The van der Waals surface area contributed by atoms with Crippen molar-refractivity contribution < 1.29 is 22.7 Å². The molecule has 1 fully saturated rings. The molecule has 0 aliphatic carbocycles. The Morgan fingerprint density at radius 2 is 1.86 bits per heavy atom. The fourth-order valence-electron chi connectivity index (χ4n) is 2.33. The highest BCUT2D eigenvalue weighted by atomic mass is 32.2. The van der Waals surface area contributed by atoms with Crippen molar-refractivity contribution in [1.29, 1.82) is 0 Å². The standard InChI is InChI=1S/C14H17NO5S/c1-20-14(17)11-7-8-15(9-11)13(16)10-3-5-12(6-4-10)21(2,18)19/h3-6,11H,7-9H2,1-2H3. The van der Waals surface area contributed by atoms with Crippen LogP contribution < -0.4 is 0 Å². The Morgan fingerprint density at radius 1 is 1.24 bits per heavy atom. The number of nitrogens with zero attached hydrogens (tertiary/aromatic N) is 1. The molecule has 0 saturated carbocycles. The summed E-state index contributed by atoms with van der Waals surface area (Å²) in [4.78, 5) is 25.5. The van der Waals surface area contributed by atoms with Crippen LogP contribution in [0.15, 0.2) is 29.2 Å². The molecule has 0 spiro atoms. The Balaban J connectivity index is 2.09. The van der Waals surface area contributed by atoms with E-state index in [2.05, 4.69) is 4.74 Å². The molecule has 7 heteroatoms. The number of carbonyl (C=O) groups is 2. The van der Waals surface area contributed by atoms with Crippen LogP contribution in [0, 0.1) is 5.92 Å². The van der Waals surface area contributed by atoms with Crippen LogP contribution in [0.4, 0.5) is 0 Å². The first-order valence-corrected chi connectivity index (χ1v) is 8.39. The van der Waals surface area contributed by atoms with Crippen LogP contribution >= 0.6 is 0 Å². The molecular weight excluding hydrogens is 294 g/mol. The number of likely N-dealkylation sites (tertiary alicyclic amines) is 1. The average Bonchev–Trinajstić information content (AvgIpc) is 2.94. The van der Waals surface area contributed by atoms with E-state index in [1.807, 2.05) is 0 Å². The minimum Gasteiger partial charge on any atom is -0.469 e. The molecule has 1 heterocycles. The van der Waals surface area contributed by atoms with Crippen LogP contribution in [0.3, 0.4) is 0 Å². The van der Waals surface area contributed by atoms with Gasteiger partial charge in [-0.3, -0.25) is 9.59 Å². The molecule has 1 saturated heterocycles. The maximum absolute atomic E-state index is 12.3. The largest absolute Gasteiger partial charge is 0.469 e. The Morgan fingerprint density at radius 3 is 2.38 bits per heavy atom. The van der Waals surface area contributed by atoms with Gasteiger partial charge in [0.2, 0.25) is 0 Å². The summed E-state index contributed by atoms with van der Waals surface area (Å²) in [7, 11) is -1.94. The molecule has 0 aromatic heterocycles. The van der Waals surface area contributed by atoms with Crippen LogP contribution in [0.5, 0.6) is 0 Å². The molecule has 1 atom stereocenters. The molecular formula is C14H17NO5S. The number of sulfone groups is 1. The summed E-state index contributed by atoms with van der Waals surface area (Å²) in [5.41, 5.74) is 0.410. The van der Waals surface area contributed by atoms with Crippen LogP contribution in [-0.2, 0) is 19.4 Å². The number of methoxy groups -OCH3 is 1. The number of rotatable bonds is 3. The lowest BCUT2D eigenvalue weighted by Gasteiger charge is -2.16. The lowest BCUT2D eigenvalue weighted by molar-refractivity contribution is -0.144. The van der Waals surface area contributed by atoms with Crippen molar-refractivity contribution in [3.63, 3.8) is 0 Å². The van der Waals surface area contributed by atoms with Crippen LogP contribution in [0.1, 0.15) is 16.8 Å². The van der Waals surface area contributed by atoms with E-state index in [-0.39, 0.29) is 22.7 Å².